The van der Waals surface area contributed by atoms with Crippen LogP contribution in [0, 0.1) is 0 Å². The summed E-state index contributed by atoms with van der Waals surface area (Å²) in [5.74, 6) is -0.0422. The number of hydrogen-bond donors (Lipinski definition) is 0. The van der Waals surface area contributed by atoms with Crippen molar-refractivity contribution in [1.29, 1.82) is 0 Å². The molecule has 0 aliphatic heterocycles. The van der Waals surface area contributed by atoms with E-state index in [2.05, 4.69) is 62.5 Å². The first-order chi connectivity index (χ1) is 14.8. The first kappa shape index (κ1) is 28.4. The van der Waals surface area contributed by atoms with Crippen molar-refractivity contribution >= 4 is 5.97 Å². The van der Waals surface area contributed by atoms with Gasteiger partial charge in [0.15, 0.2) is 0 Å². The molecule has 0 rings (SSSR count). The largest absolute Gasteiger partial charge is 0.466 e. The molecule has 2 heteroatoms. The van der Waals surface area contributed by atoms with Crippen LogP contribution in [0.3, 0.4) is 0 Å². The summed E-state index contributed by atoms with van der Waals surface area (Å²) in [6.07, 6.45) is 35.7. The van der Waals surface area contributed by atoms with Crippen LogP contribution in [0.1, 0.15) is 117 Å². The van der Waals surface area contributed by atoms with Crippen molar-refractivity contribution < 1.29 is 9.53 Å². The molecule has 0 atom stereocenters. The lowest BCUT2D eigenvalue weighted by molar-refractivity contribution is -0.143. The molecule has 0 saturated carbocycles. The maximum Gasteiger partial charge on any atom is 0.305 e. The molecule has 2 nitrogen and oxygen atoms in total. The van der Waals surface area contributed by atoms with Gasteiger partial charge in [0.1, 0.15) is 0 Å². The number of allylic oxidation sites excluding steroid dienone is 8. The van der Waals surface area contributed by atoms with Crippen LogP contribution in [0.15, 0.2) is 48.6 Å². The Hall–Kier alpha value is -1.57. The second-order valence-electron chi connectivity index (χ2n) is 7.97. The predicted molar refractivity (Wildman–Crippen MR) is 133 cm³/mol. The molecule has 172 valence electrons. The Balaban J connectivity index is 3.43. The predicted octanol–water partition coefficient (Wildman–Crippen LogP) is 9.04. The van der Waals surface area contributed by atoms with E-state index in [1.54, 1.807) is 0 Å². The summed E-state index contributed by atoms with van der Waals surface area (Å²) in [6, 6.07) is 0. The Morgan fingerprint density at radius 3 is 1.63 bits per heavy atom. The lowest BCUT2D eigenvalue weighted by Gasteiger charge is -2.04. The van der Waals surface area contributed by atoms with Gasteiger partial charge in [-0.15, -0.1) is 0 Å². The molecule has 0 spiro atoms. The van der Waals surface area contributed by atoms with Gasteiger partial charge in [0.05, 0.1) is 6.61 Å². The maximum absolute atomic E-state index is 11.7. The zero-order chi connectivity index (χ0) is 22.0. The highest BCUT2D eigenvalue weighted by atomic mass is 16.5. The van der Waals surface area contributed by atoms with Crippen molar-refractivity contribution in [3.05, 3.63) is 48.6 Å². The van der Waals surface area contributed by atoms with Crippen molar-refractivity contribution in [2.75, 3.05) is 6.61 Å². The van der Waals surface area contributed by atoms with Gasteiger partial charge in [0, 0.05) is 6.42 Å². The van der Waals surface area contributed by atoms with Gasteiger partial charge in [0.2, 0.25) is 0 Å². The first-order valence-corrected chi connectivity index (χ1v) is 12.6. The van der Waals surface area contributed by atoms with E-state index in [0.717, 1.165) is 38.5 Å². The topological polar surface area (TPSA) is 26.3 Å². The Morgan fingerprint density at radius 1 is 0.567 bits per heavy atom. The van der Waals surface area contributed by atoms with Crippen molar-refractivity contribution in [2.45, 2.75) is 117 Å². The Bertz CT molecular complexity index is 471. The summed E-state index contributed by atoms with van der Waals surface area (Å²) in [6.45, 7) is 5.06. The highest BCUT2D eigenvalue weighted by Crippen LogP contribution is 2.06. The molecule has 0 amide bonds. The fraction of sp³-hybridized carbons (Fsp3) is 0.679. The molecule has 0 fully saturated rings. The molecule has 0 radical (unpaired) electrons. The molecule has 30 heavy (non-hydrogen) atoms. The van der Waals surface area contributed by atoms with Crippen molar-refractivity contribution in [3.8, 4) is 0 Å². The standard InChI is InChI=1S/C28H48O2/c1-3-5-7-9-11-12-13-14-15-16-17-18-19-20-21-22-24-26-28(29)30-27-25-23-10-8-6-4-2/h11-12,14-15,17-18,20-21H,3-10,13,16,19,22-27H2,1-2H3/b12-11-,15-14-,18-17-,21-20-. The van der Waals surface area contributed by atoms with E-state index in [1.165, 1.54) is 57.8 Å². The average Bonchev–Trinajstić information content (AvgIpc) is 2.75. The Kier molecular flexibility index (Phi) is 24.1. The second kappa shape index (κ2) is 25.5. The van der Waals surface area contributed by atoms with Gasteiger partial charge in [-0.1, -0.05) is 107 Å². The van der Waals surface area contributed by atoms with E-state index in [9.17, 15) is 4.79 Å². The number of ether oxygens (including phenoxy) is 1. The van der Waals surface area contributed by atoms with Gasteiger partial charge in [-0.25, -0.2) is 0 Å². The quantitative estimate of drug-likeness (QED) is 0.106. The van der Waals surface area contributed by atoms with Gasteiger partial charge >= 0.3 is 5.97 Å². The van der Waals surface area contributed by atoms with Gasteiger partial charge in [0.25, 0.3) is 0 Å². The average molecular weight is 417 g/mol. The summed E-state index contributed by atoms with van der Waals surface area (Å²) in [5.41, 5.74) is 0. The van der Waals surface area contributed by atoms with E-state index < -0.39 is 0 Å². The number of carbonyl (C=O) groups excluding carboxylic acids is 1. The van der Waals surface area contributed by atoms with E-state index in [0.29, 0.717) is 13.0 Å². The number of unbranched alkanes of at least 4 members (excludes halogenated alkanes) is 9. The van der Waals surface area contributed by atoms with Crippen molar-refractivity contribution in [1.82, 2.24) is 0 Å². The zero-order valence-corrected chi connectivity index (χ0v) is 20.0. The number of rotatable bonds is 21. The van der Waals surface area contributed by atoms with E-state index >= 15 is 0 Å². The number of hydrogen-bond acceptors (Lipinski definition) is 2. The number of carbonyl (C=O) groups is 1. The van der Waals surface area contributed by atoms with E-state index in [4.69, 9.17) is 4.74 Å². The van der Waals surface area contributed by atoms with Crippen LogP contribution in [-0.2, 0) is 9.53 Å². The van der Waals surface area contributed by atoms with Crippen LogP contribution in [0.25, 0.3) is 0 Å². The molecule has 0 aromatic heterocycles. The van der Waals surface area contributed by atoms with Gasteiger partial charge in [-0.3, -0.25) is 4.79 Å². The molecule has 0 saturated heterocycles. The molecule has 0 bridgehead atoms. The molecule has 0 aliphatic carbocycles. The van der Waals surface area contributed by atoms with E-state index in [-0.39, 0.29) is 5.97 Å². The van der Waals surface area contributed by atoms with Crippen LogP contribution < -0.4 is 0 Å². The van der Waals surface area contributed by atoms with Crippen LogP contribution in [0.2, 0.25) is 0 Å². The molecule has 0 unspecified atom stereocenters. The minimum atomic E-state index is -0.0422. The molecule has 0 heterocycles. The van der Waals surface area contributed by atoms with Gasteiger partial charge in [-0.2, -0.15) is 0 Å². The van der Waals surface area contributed by atoms with Crippen molar-refractivity contribution in [2.24, 2.45) is 0 Å². The summed E-state index contributed by atoms with van der Waals surface area (Å²) >= 11 is 0. The third-order valence-corrected chi connectivity index (χ3v) is 4.97. The lowest BCUT2D eigenvalue weighted by atomic mass is 10.1. The molecular formula is C28H48O2. The zero-order valence-electron chi connectivity index (χ0n) is 20.0. The van der Waals surface area contributed by atoms with E-state index in [1.807, 2.05) is 0 Å². The molecule has 0 N–H and O–H groups in total. The minimum Gasteiger partial charge on any atom is -0.466 e. The highest BCUT2D eigenvalue weighted by Gasteiger charge is 2.01. The third-order valence-electron chi connectivity index (χ3n) is 4.97. The van der Waals surface area contributed by atoms with Gasteiger partial charge in [-0.05, 0) is 51.4 Å². The summed E-state index contributed by atoms with van der Waals surface area (Å²) in [4.78, 5) is 11.7. The molecule has 0 aromatic carbocycles. The SMILES string of the molecule is CCCCC/C=C\C/C=C\C/C=C\C/C=C\CCCC(=O)OCCCCCCCC. The molecule has 0 aromatic rings. The summed E-state index contributed by atoms with van der Waals surface area (Å²) < 4.78 is 5.29. The highest BCUT2D eigenvalue weighted by molar-refractivity contribution is 5.69. The third kappa shape index (κ3) is 24.5. The van der Waals surface area contributed by atoms with Crippen LogP contribution in [0.4, 0.5) is 0 Å². The first-order valence-electron chi connectivity index (χ1n) is 12.6. The maximum atomic E-state index is 11.7. The van der Waals surface area contributed by atoms with Crippen LogP contribution >= 0.6 is 0 Å². The molecular weight excluding hydrogens is 368 g/mol. The van der Waals surface area contributed by atoms with Crippen molar-refractivity contribution in [3.63, 3.8) is 0 Å². The van der Waals surface area contributed by atoms with Crippen LogP contribution in [-0.4, -0.2) is 12.6 Å². The Labute approximate surface area is 187 Å². The van der Waals surface area contributed by atoms with Gasteiger partial charge < -0.3 is 4.74 Å². The minimum absolute atomic E-state index is 0.0422. The molecule has 0 aliphatic rings. The number of esters is 1. The Morgan fingerprint density at radius 2 is 1.03 bits per heavy atom. The lowest BCUT2D eigenvalue weighted by Crippen LogP contribution is -2.05. The summed E-state index contributed by atoms with van der Waals surface area (Å²) in [5, 5.41) is 0. The normalized spacial score (nSPS) is 12.2. The fourth-order valence-corrected chi connectivity index (χ4v) is 3.07. The smallest absolute Gasteiger partial charge is 0.305 e. The fourth-order valence-electron chi connectivity index (χ4n) is 3.07. The monoisotopic (exact) mass is 416 g/mol. The van der Waals surface area contributed by atoms with Crippen LogP contribution in [0.5, 0.6) is 0 Å². The summed E-state index contributed by atoms with van der Waals surface area (Å²) in [7, 11) is 0. The second-order valence-corrected chi connectivity index (χ2v) is 7.97.